The number of azo groups is 1. The first kappa shape index (κ1) is 20.3. The van der Waals surface area contributed by atoms with Gasteiger partial charge in [0, 0.05) is 12.1 Å². The van der Waals surface area contributed by atoms with Gasteiger partial charge in [-0.2, -0.15) is 10.2 Å². The number of aromatic hydroxyl groups is 2. The molecule has 2 rings (SSSR count). The first-order valence-electron chi connectivity index (χ1n) is 7.79. The van der Waals surface area contributed by atoms with E-state index in [-0.39, 0.29) is 28.6 Å². The highest BCUT2D eigenvalue weighted by atomic mass is 16.6. The number of benzene rings is 2. The summed E-state index contributed by atoms with van der Waals surface area (Å²) in [5.41, 5.74) is -0.298. The number of phenolic OH excluding ortho intramolecular Hbond substituents is 2. The second-order valence-electron chi connectivity index (χ2n) is 5.53. The molecular formula is C17H16N4O7. The van der Waals surface area contributed by atoms with Gasteiger partial charge in [0.1, 0.15) is 22.9 Å². The number of rotatable bonds is 7. The molecular weight excluding hydrogens is 372 g/mol. The van der Waals surface area contributed by atoms with Crippen molar-refractivity contribution in [2.24, 2.45) is 10.2 Å². The normalized spacial score (nSPS) is 11.8. The number of hydrogen-bond donors (Lipinski definition) is 3. The molecule has 0 radical (unpaired) electrons. The zero-order valence-electron chi connectivity index (χ0n) is 14.8. The molecule has 0 fully saturated rings. The van der Waals surface area contributed by atoms with Crippen LogP contribution in [0.3, 0.4) is 0 Å². The van der Waals surface area contributed by atoms with E-state index in [1.807, 2.05) is 0 Å². The Morgan fingerprint density at radius 3 is 2.50 bits per heavy atom. The molecule has 1 amide bonds. The van der Waals surface area contributed by atoms with Gasteiger partial charge in [0.2, 0.25) is 6.04 Å². The van der Waals surface area contributed by atoms with Crippen molar-refractivity contribution in [1.29, 1.82) is 0 Å². The van der Waals surface area contributed by atoms with Crippen LogP contribution in [0.1, 0.15) is 6.92 Å². The number of methoxy groups -OCH3 is 1. The minimum Gasteiger partial charge on any atom is -0.508 e. The van der Waals surface area contributed by atoms with Crippen molar-refractivity contribution in [2.45, 2.75) is 13.0 Å². The number of nitro benzene ring substituents is 1. The minimum atomic E-state index is -1.53. The number of amides is 1. The minimum absolute atomic E-state index is 0.0775. The molecule has 1 unspecified atom stereocenters. The first-order chi connectivity index (χ1) is 13.2. The summed E-state index contributed by atoms with van der Waals surface area (Å²) in [6, 6.07) is 5.54. The fraction of sp³-hybridized carbons (Fsp3) is 0.176. The van der Waals surface area contributed by atoms with Crippen LogP contribution in [0.25, 0.3) is 0 Å². The van der Waals surface area contributed by atoms with Crippen LogP contribution in [0.4, 0.5) is 17.1 Å². The molecule has 3 N–H and O–H groups in total. The number of ketones is 1. The summed E-state index contributed by atoms with van der Waals surface area (Å²) in [5, 5.41) is 39.6. The number of hydrogen-bond acceptors (Lipinski definition) is 9. The molecule has 2 aromatic carbocycles. The van der Waals surface area contributed by atoms with Gasteiger partial charge in [0.25, 0.3) is 11.6 Å². The first-order valence-corrected chi connectivity index (χ1v) is 7.79. The predicted molar refractivity (Wildman–Crippen MR) is 97.0 cm³/mol. The zero-order chi connectivity index (χ0) is 20.8. The molecule has 0 aromatic heterocycles. The summed E-state index contributed by atoms with van der Waals surface area (Å²) in [7, 11) is 1.34. The highest BCUT2D eigenvalue weighted by Gasteiger charge is 2.24. The van der Waals surface area contributed by atoms with E-state index in [1.165, 1.54) is 25.3 Å². The van der Waals surface area contributed by atoms with Crippen LogP contribution < -0.4 is 10.1 Å². The molecule has 0 spiro atoms. The van der Waals surface area contributed by atoms with E-state index in [2.05, 4.69) is 15.5 Å². The largest absolute Gasteiger partial charge is 0.508 e. The third-order valence-electron chi connectivity index (χ3n) is 3.53. The molecule has 0 aliphatic rings. The predicted octanol–water partition coefficient (Wildman–Crippen LogP) is 2.69. The number of phenols is 2. The molecule has 0 bridgehead atoms. The summed E-state index contributed by atoms with van der Waals surface area (Å²) < 4.78 is 5.04. The van der Waals surface area contributed by atoms with E-state index in [0.717, 1.165) is 25.1 Å². The van der Waals surface area contributed by atoms with E-state index >= 15 is 0 Å². The second kappa shape index (κ2) is 8.58. The standard InChI is InChI=1S/C17H16N4O7/c1-9(22)16(17(25)18-13-6-4-11(23)8-15(13)28-2)20-19-12-5-3-10(21(26)27)7-14(12)24/h3-8,16,23-24H,1-2H3,(H,18,25). The SMILES string of the molecule is COc1cc(O)ccc1NC(=O)C(N=Nc1ccc([N+](=O)[O-])cc1O)C(C)=O. The summed E-state index contributed by atoms with van der Waals surface area (Å²) in [6.45, 7) is 1.13. The number of carbonyl (C=O) groups excluding carboxylic acids is 2. The second-order valence-corrected chi connectivity index (χ2v) is 5.53. The number of carbonyl (C=O) groups is 2. The van der Waals surface area contributed by atoms with Crippen LogP contribution >= 0.6 is 0 Å². The van der Waals surface area contributed by atoms with Crippen molar-refractivity contribution < 1.29 is 29.5 Å². The monoisotopic (exact) mass is 388 g/mol. The Bertz CT molecular complexity index is 959. The lowest BCUT2D eigenvalue weighted by molar-refractivity contribution is -0.384. The summed E-state index contributed by atoms with van der Waals surface area (Å²) >= 11 is 0. The van der Waals surface area contributed by atoms with Gasteiger partial charge in [-0.3, -0.25) is 19.7 Å². The van der Waals surface area contributed by atoms with Crippen LogP contribution in [0.15, 0.2) is 46.6 Å². The Morgan fingerprint density at radius 1 is 1.21 bits per heavy atom. The van der Waals surface area contributed by atoms with Crippen molar-refractivity contribution in [3.8, 4) is 17.2 Å². The zero-order valence-corrected chi connectivity index (χ0v) is 14.8. The molecule has 0 saturated heterocycles. The van der Waals surface area contributed by atoms with Crippen molar-refractivity contribution in [1.82, 2.24) is 0 Å². The van der Waals surface area contributed by atoms with Crippen molar-refractivity contribution in [3.05, 3.63) is 46.5 Å². The fourth-order valence-electron chi connectivity index (χ4n) is 2.13. The van der Waals surface area contributed by atoms with Crippen LogP contribution in [-0.2, 0) is 9.59 Å². The number of ether oxygens (including phenoxy) is 1. The van der Waals surface area contributed by atoms with Gasteiger partial charge < -0.3 is 20.3 Å². The maximum Gasteiger partial charge on any atom is 0.273 e. The topological polar surface area (TPSA) is 164 Å². The van der Waals surface area contributed by atoms with Gasteiger partial charge in [-0.25, -0.2) is 0 Å². The number of Topliss-reactive ketones (excluding diaryl/α,β-unsaturated/α-hetero) is 1. The molecule has 11 heteroatoms. The number of nitro groups is 1. The molecule has 0 aliphatic carbocycles. The summed E-state index contributed by atoms with van der Waals surface area (Å²) in [4.78, 5) is 34.2. The lowest BCUT2D eigenvalue weighted by atomic mass is 10.2. The average Bonchev–Trinajstić information content (AvgIpc) is 2.63. The van der Waals surface area contributed by atoms with E-state index in [1.54, 1.807) is 0 Å². The van der Waals surface area contributed by atoms with Gasteiger partial charge in [0.05, 0.1) is 23.8 Å². The smallest absolute Gasteiger partial charge is 0.273 e. The van der Waals surface area contributed by atoms with Crippen LogP contribution in [-0.4, -0.2) is 40.0 Å². The Morgan fingerprint density at radius 2 is 1.93 bits per heavy atom. The number of nitrogens with one attached hydrogen (secondary N) is 1. The molecule has 1 atom stereocenters. The van der Waals surface area contributed by atoms with E-state index < -0.39 is 28.4 Å². The number of non-ortho nitro benzene ring substituents is 1. The summed E-state index contributed by atoms with van der Waals surface area (Å²) in [5.74, 6) is -1.88. The average molecular weight is 388 g/mol. The molecule has 146 valence electrons. The number of nitrogens with zero attached hydrogens (tertiary/aromatic N) is 3. The Labute approximate surface area is 158 Å². The Hall–Kier alpha value is -4.02. The van der Waals surface area contributed by atoms with Gasteiger partial charge in [-0.1, -0.05) is 0 Å². The van der Waals surface area contributed by atoms with Gasteiger partial charge in [0.15, 0.2) is 5.78 Å². The highest BCUT2D eigenvalue weighted by Crippen LogP contribution is 2.31. The third kappa shape index (κ3) is 4.78. The maximum atomic E-state index is 12.4. The molecule has 28 heavy (non-hydrogen) atoms. The van der Waals surface area contributed by atoms with Crippen molar-refractivity contribution in [3.63, 3.8) is 0 Å². The van der Waals surface area contributed by atoms with Gasteiger partial charge in [-0.15, -0.1) is 0 Å². The molecule has 0 heterocycles. The molecule has 0 aliphatic heterocycles. The van der Waals surface area contributed by atoms with E-state index in [0.29, 0.717) is 0 Å². The summed E-state index contributed by atoms with van der Waals surface area (Å²) in [6.07, 6.45) is 0. The quantitative estimate of drug-likeness (QED) is 0.216. The number of anilines is 1. The third-order valence-corrected chi connectivity index (χ3v) is 3.53. The van der Waals surface area contributed by atoms with Crippen LogP contribution in [0.5, 0.6) is 17.2 Å². The van der Waals surface area contributed by atoms with Gasteiger partial charge >= 0.3 is 0 Å². The maximum absolute atomic E-state index is 12.4. The van der Waals surface area contributed by atoms with Crippen LogP contribution in [0.2, 0.25) is 0 Å². The van der Waals surface area contributed by atoms with E-state index in [4.69, 9.17) is 4.74 Å². The Balaban J connectivity index is 2.24. The molecule has 11 nitrogen and oxygen atoms in total. The van der Waals surface area contributed by atoms with Gasteiger partial charge in [-0.05, 0) is 25.1 Å². The van der Waals surface area contributed by atoms with Crippen molar-refractivity contribution >= 4 is 28.8 Å². The van der Waals surface area contributed by atoms with E-state index in [9.17, 15) is 29.9 Å². The lowest BCUT2D eigenvalue weighted by Gasteiger charge is -2.12. The molecule has 0 saturated carbocycles. The lowest BCUT2D eigenvalue weighted by Crippen LogP contribution is -2.31. The van der Waals surface area contributed by atoms with Crippen LogP contribution in [0, 0.1) is 10.1 Å². The fourth-order valence-corrected chi connectivity index (χ4v) is 2.13. The van der Waals surface area contributed by atoms with Crippen molar-refractivity contribution in [2.75, 3.05) is 12.4 Å². The Kier molecular flexibility index (Phi) is 6.22. The highest BCUT2D eigenvalue weighted by molar-refractivity contribution is 6.10. The molecule has 2 aromatic rings.